The monoisotopic (exact) mass is 312 g/mol. The van der Waals surface area contributed by atoms with Gasteiger partial charge in [0.05, 0.1) is 8.07 Å². The second kappa shape index (κ2) is 6.29. The number of benzene rings is 1. The number of hydrogen-bond donors (Lipinski definition) is 0. The molecule has 0 N–H and O–H groups in total. The van der Waals surface area contributed by atoms with E-state index < -0.39 is 8.07 Å². The molecule has 1 aromatic carbocycles. The molecule has 0 amide bonds. The van der Waals surface area contributed by atoms with Gasteiger partial charge in [0.2, 0.25) is 0 Å². The van der Waals surface area contributed by atoms with E-state index in [1.165, 1.54) is 11.1 Å². The van der Waals surface area contributed by atoms with Crippen molar-refractivity contribution in [3.05, 3.63) is 66.3 Å². The summed E-state index contributed by atoms with van der Waals surface area (Å²) in [6.07, 6.45) is 8.96. The Bertz CT molecular complexity index is 602. The Kier molecular flexibility index (Phi) is 4.81. The molecule has 22 heavy (non-hydrogen) atoms. The molecule has 1 atom stereocenters. The van der Waals surface area contributed by atoms with Gasteiger partial charge in [-0.25, -0.2) is 0 Å². The predicted octanol–water partition coefficient (Wildman–Crippen LogP) is 5.73. The molecule has 0 aromatic heterocycles. The smallest absolute Gasteiger partial charge is 0.123 e. The zero-order valence-electron chi connectivity index (χ0n) is 14.5. The van der Waals surface area contributed by atoms with E-state index in [2.05, 4.69) is 76.5 Å². The summed E-state index contributed by atoms with van der Waals surface area (Å²) in [4.78, 5) is 0. The number of ether oxygens (including phenoxy) is 1. The van der Waals surface area contributed by atoms with Gasteiger partial charge in [-0.3, -0.25) is 0 Å². The van der Waals surface area contributed by atoms with Crippen molar-refractivity contribution in [3.8, 4) is 5.75 Å². The van der Waals surface area contributed by atoms with Crippen LogP contribution >= 0.6 is 0 Å². The van der Waals surface area contributed by atoms with E-state index >= 15 is 0 Å². The van der Waals surface area contributed by atoms with Crippen LogP contribution in [0.1, 0.15) is 19.4 Å². The lowest BCUT2D eigenvalue weighted by molar-refractivity contribution is 0.353. The van der Waals surface area contributed by atoms with Gasteiger partial charge in [0.15, 0.2) is 0 Å². The lowest BCUT2D eigenvalue weighted by Crippen LogP contribution is -2.25. The highest BCUT2D eigenvalue weighted by molar-refractivity contribution is 6.78. The molecule has 2 heteroatoms. The van der Waals surface area contributed by atoms with E-state index in [-0.39, 0.29) is 5.41 Å². The van der Waals surface area contributed by atoms with Gasteiger partial charge < -0.3 is 4.74 Å². The van der Waals surface area contributed by atoms with Gasteiger partial charge in [-0.15, -0.1) is 0 Å². The molecule has 0 radical (unpaired) electrons. The van der Waals surface area contributed by atoms with Crippen molar-refractivity contribution in [3.63, 3.8) is 0 Å². The average molecular weight is 313 g/mol. The molecule has 0 heterocycles. The Morgan fingerprint density at radius 2 is 1.91 bits per heavy atom. The van der Waals surface area contributed by atoms with E-state index in [1.807, 2.05) is 6.07 Å². The second-order valence-electron chi connectivity index (χ2n) is 7.59. The third-order valence-electron chi connectivity index (χ3n) is 4.48. The maximum atomic E-state index is 5.87. The van der Waals surface area contributed by atoms with Gasteiger partial charge in [0, 0.05) is 11.0 Å². The summed E-state index contributed by atoms with van der Waals surface area (Å²) in [5.41, 5.74) is 3.21. The minimum Gasteiger partial charge on any atom is -0.489 e. The fourth-order valence-corrected chi connectivity index (χ4v) is 4.23. The van der Waals surface area contributed by atoms with Crippen molar-refractivity contribution < 1.29 is 4.74 Å². The van der Waals surface area contributed by atoms with Gasteiger partial charge in [-0.05, 0) is 17.2 Å². The van der Waals surface area contributed by atoms with E-state index in [4.69, 9.17) is 4.74 Å². The number of allylic oxidation sites excluding steroid dienone is 4. The Hall–Kier alpha value is -1.54. The predicted molar refractivity (Wildman–Crippen MR) is 99.5 cm³/mol. The zero-order chi connectivity index (χ0) is 16.4. The van der Waals surface area contributed by atoms with Gasteiger partial charge in [-0.2, -0.15) is 0 Å². The van der Waals surface area contributed by atoms with Crippen molar-refractivity contribution in [2.75, 3.05) is 6.61 Å². The molecule has 1 aliphatic carbocycles. The molecule has 0 fully saturated rings. The lowest BCUT2D eigenvalue weighted by atomic mass is 9.77. The molecule has 118 valence electrons. The summed E-state index contributed by atoms with van der Waals surface area (Å²) >= 11 is 0. The van der Waals surface area contributed by atoms with Gasteiger partial charge >= 0.3 is 0 Å². The quantitative estimate of drug-likeness (QED) is 0.481. The molecule has 2 rings (SSSR count). The molecule has 0 saturated heterocycles. The molecule has 0 aliphatic heterocycles. The fourth-order valence-electron chi connectivity index (χ4n) is 2.88. The van der Waals surface area contributed by atoms with Gasteiger partial charge in [-0.1, -0.05) is 82.6 Å². The van der Waals surface area contributed by atoms with Crippen LogP contribution < -0.4 is 4.74 Å². The standard InChI is InChI=1S/C20H28OSi/c1-7-14-21-19-11-9-8-10-18(19)20(2,3)16-12-13-17(15-16)22(4,5)6/h7-13,15,17H,1,14H2,2-6H3. The second-order valence-corrected chi connectivity index (χ2v) is 13.0. The first-order chi connectivity index (χ1) is 10.3. The van der Waals surface area contributed by atoms with Crippen molar-refractivity contribution in [1.29, 1.82) is 0 Å². The Morgan fingerprint density at radius 1 is 1.23 bits per heavy atom. The zero-order valence-corrected chi connectivity index (χ0v) is 15.5. The highest BCUT2D eigenvalue weighted by Crippen LogP contribution is 2.43. The van der Waals surface area contributed by atoms with Crippen LogP contribution in [-0.4, -0.2) is 14.7 Å². The van der Waals surface area contributed by atoms with Crippen LogP contribution in [0.2, 0.25) is 25.2 Å². The number of rotatable bonds is 6. The maximum Gasteiger partial charge on any atom is 0.123 e. The Morgan fingerprint density at radius 3 is 2.50 bits per heavy atom. The summed E-state index contributed by atoms with van der Waals surface area (Å²) in [5.74, 6) is 0.957. The minimum absolute atomic E-state index is 0.0529. The van der Waals surface area contributed by atoms with Crippen LogP contribution in [0.25, 0.3) is 0 Å². The van der Waals surface area contributed by atoms with Crippen LogP contribution in [0.5, 0.6) is 5.75 Å². The van der Waals surface area contributed by atoms with Crippen molar-refractivity contribution in [2.45, 2.75) is 44.4 Å². The topological polar surface area (TPSA) is 9.23 Å². The molecular formula is C20H28OSi. The summed E-state index contributed by atoms with van der Waals surface area (Å²) in [5, 5.41) is 0. The summed E-state index contributed by atoms with van der Waals surface area (Å²) in [6, 6.07) is 8.35. The first-order valence-corrected chi connectivity index (χ1v) is 11.6. The number of para-hydroxylation sites is 1. The molecule has 1 aromatic rings. The third-order valence-corrected chi connectivity index (χ3v) is 6.84. The highest BCUT2D eigenvalue weighted by Gasteiger charge is 2.33. The number of hydrogen-bond acceptors (Lipinski definition) is 1. The van der Waals surface area contributed by atoms with Crippen molar-refractivity contribution >= 4 is 8.07 Å². The minimum atomic E-state index is -1.19. The van der Waals surface area contributed by atoms with Crippen LogP contribution in [0, 0.1) is 0 Å². The molecule has 1 unspecified atom stereocenters. The molecular weight excluding hydrogens is 284 g/mol. The maximum absolute atomic E-state index is 5.87. The van der Waals surface area contributed by atoms with E-state index in [1.54, 1.807) is 6.08 Å². The van der Waals surface area contributed by atoms with Crippen molar-refractivity contribution in [2.24, 2.45) is 0 Å². The molecule has 1 nitrogen and oxygen atoms in total. The van der Waals surface area contributed by atoms with Crippen LogP contribution in [0.4, 0.5) is 0 Å². The van der Waals surface area contributed by atoms with Gasteiger partial charge in [0.1, 0.15) is 12.4 Å². The normalized spacial score (nSPS) is 18.2. The first-order valence-electron chi connectivity index (χ1n) is 8.00. The molecule has 0 spiro atoms. The average Bonchev–Trinajstić information content (AvgIpc) is 2.96. The summed E-state index contributed by atoms with van der Waals surface area (Å²) in [6.45, 7) is 16.1. The third kappa shape index (κ3) is 3.44. The summed E-state index contributed by atoms with van der Waals surface area (Å²) in [7, 11) is -1.19. The Balaban J connectivity index is 2.36. The van der Waals surface area contributed by atoms with Crippen LogP contribution in [0.3, 0.4) is 0 Å². The lowest BCUT2D eigenvalue weighted by Gasteiger charge is -2.29. The largest absolute Gasteiger partial charge is 0.489 e. The van der Waals surface area contributed by atoms with E-state index in [9.17, 15) is 0 Å². The first kappa shape index (κ1) is 16.8. The van der Waals surface area contributed by atoms with Gasteiger partial charge in [0.25, 0.3) is 0 Å². The summed E-state index contributed by atoms with van der Waals surface area (Å²) < 4.78 is 5.87. The molecule has 0 saturated carbocycles. The van der Waals surface area contributed by atoms with Crippen molar-refractivity contribution in [1.82, 2.24) is 0 Å². The SMILES string of the molecule is C=CCOc1ccccc1C(C)(C)C1=CC([Si](C)(C)C)C=C1. The van der Waals surface area contributed by atoms with E-state index in [0.29, 0.717) is 12.1 Å². The highest BCUT2D eigenvalue weighted by atomic mass is 28.3. The van der Waals surface area contributed by atoms with Crippen LogP contribution in [-0.2, 0) is 5.41 Å². The van der Waals surface area contributed by atoms with Crippen LogP contribution in [0.15, 0.2) is 60.7 Å². The molecule has 0 bridgehead atoms. The Labute approximate surface area is 136 Å². The molecule has 1 aliphatic rings. The fraction of sp³-hybridized carbons (Fsp3) is 0.400. The van der Waals surface area contributed by atoms with E-state index in [0.717, 1.165) is 5.75 Å².